The zero-order valence-electron chi connectivity index (χ0n) is 13.4. The third-order valence-electron chi connectivity index (χ3n) is 3.56. The summed E-state index contributed by atoms with van der Waals surface area (Å²) in [4.78, 5) is 2.44. The molecule has 2 heteroatoms. The van der Waals surface area contributed by atoms with E-state index in [0.717, 1.165) is 13.1 Å². The summed E-state index contributed by atoms with van der Waals surface area (Å²) in [5, 5.41) is 3.49. The highest BCUT2D eigenvalue weighted by atomic mass is 15.1. The maximum Gasteiger partial charge on any atom is 0.0381 e. The molecule has 1 aromatic carbocycles. The Morgan fingerprint density at radius 2 is 1.74 bits per heavy atom. The molecule has 0 fully saturated rings. The van der Waals surface area contributed by atoms with Crippen LogP contribution in [0.25, 0.3) is 0 Å². The van der Waals surface area contributed by atoms with Crippen LogP contribution in [0.3, 0.4) is 0 Å². The van der Waals surface area contributed by atoms with Gasteiger partial charge < -0.3 is 10.2 Å². The maximum atomic E-state index is 3.49. The minimum absolute atomic E-state index is 0.194. The quantitative estimate of drug-likeness (QED) is 0.808. The molecule has 1 N–H and O–H groups in total. The van der Waals surface area contributed by atoms with Crippen LogP contribution in [0.1, 0.15) is 39.3 Å². The molecule has 0 bridgehead atoms. The molecule has 0 heterocycles. The predicted molar refractivity (Wildman–Crippen MR) is 84.4 cm³/mol. The Hall–Kier alpha value is -0.860. The van der Waals surface area contributed by atoms with Crippen LogP contribution in [0.2, 0.25) is 0 Å². The van der Waals surface area contributed by atoms with Gasteiger partial charge in [0.2, 0.25) is 0 Å². The molecule has 0 spiro atoms. The third kappa shape index (κ3) is 4.96. The molecule has 0 radical (unpaired) electrons. The molecular weight excluding hydrogens is 232 g/mol. The van der Waals surface area contributed by atoms with E-state index in [1.54, 1.807) is 0 Å². The molecule has 0 aliphatic rings. The van der Waals surface area contributed by atoms with E-state index >= 15 is 0 Å². The Kier molecular flexibility index (Phi) is 6.02. The highest BCUT2D eigenvalue weighted by Crippen LogP contribution is 2.33. The van der Waals surface area contributed by atoms with Crippen molar-refractivity contribution in [3.63, 3.8) is 0 Å². The van der Waals surface area contributed by atoms with Gasteiger partial charge in [-0.2, -0.15) is 0 Å². The molecule has 1 unspecified atom stereocenters. The smallest absolute Gasteiger partial charge is 0.0381 e. The number of rotatable bonds is 7. The largest absolute Gasteiger partial charge is 0.313 e. The van der Waals surface area contributed by atoms with E-state index in [1.807, 2.05) is 0 Å². The second-order valence-electron chi connectivity index (χ2n) is 6.71. The van der Waals surface area contributed by atoms with Crippen molar-refractivity contribution < 1.29 is 0 Å². The van der Waals surface area contributed by atoms with Gasteiger partial charge in [-0.05, 0) is 31.0 Å². The van der Waals surface area contributed by atoms with E-state index in [-0.39, 0.29) is 5.41 Å². The highest BCUT2D eigenvalue weighted by molar-refractivity contribution is 5.21. The summed E-state index contributed by atoms with van der Waals surface area (Å²) in [5.74, 6) is 0.713. The van der Waals surface area contributed by atoms with Crippen LogP contribution in [0, 0.1) is 11.3 Å². The minimum Gasteiger partial charge on any atom is -0.313 e. The second kappa shape index (κ2) is 7.06. The SMILES string of the molecule is CNC(c1ccccc1)C(C)(C)CN(C)CC(C)C. The Morgan fingerprint density at radius 1 is 1.16 bits per heavy atom. The number of hydrogen-bond donors (Lipinski definition) is 1. The molecule has 1 atom stereocenters. The van der Waals surface area contributed by atoms with Gasteiger partial charge in [0.15, 0.2) is 0 Å². The molecule has 108 valence electrons. The van der Waals surface area contributed by atoms with E-state index in [0.29, 0.717) is 12.0 Å². The lowest BCUT2D eigenvalue weighted by molar-refractivity contribution is 0.151. The zero-order valence-corrected chi connectivity index (χ0v) is 13.4. The summed E-state index contributed by atoms with van der Waals surface area (Å²) in [6.07, 6.45) is 0. The first-order chi connectivity index (χ1) is 8.86. The highest BCUT2D eigenvalue weighted by Gasteiger charge is 2.30. The molecule has 1 aromatic rings. The maximum absolute atomic E-state index is 3.49. The first-order valence-electron chi connectivity index (χ1n) is 7.27. The van der Waals surface area contributed by atoms with Gasteiger partial charge in [0.1, 0.15) is 0 Å². The van der Waals surface area contributed by atoms with Gasteiger partial charge in [-0.1, -0.05) is 58.0 Å². The topological polar surface area (TPSA) is 15.3 Å². The molecule has 0 saturated heterocycles. The van der Waals surface area contributed by atoms with Crippen LogP contribution in [0.4, 0.5) is 0 Å². The van der Waals surface area contributed by atoms with Crippen molar-refractivity contribution in [2.75, 3.05) is 27.2 Å². The molecule has 2 nitrogen and oxygen atoms in total. The molecule has 19 heavy (non-hydrogen) atoms. The number of benzene rings is 1. The van der Waals surface area contributed by atoms with Crippen molar-refractivity contribution in [3.05, 3.63) is 35.9 Å². The Labute approximate surface area is 119 Å². The van der Waals surface area contributed by atoms with Crippen LogP contribution in [0.15, 0.2) is 30.3 Å². The van der Waals surface area contributed by atoms with Crippen molar-refractivity contribution in [2.24, 2.45) is 11.3 Å². The van der Waals surface area contributed by atoms with Crippen molar-refractivity contribution in [3.8, 4) is 0 Å². The van der Waals surface area contributed by atoms with Gasteiger partial charge in [0, 0.05) is 19.1 Å². The molecule has 1 rings (SSSR count). The van der Waals surface area contributed by atoms with E-state index in [9.17, 15) is 0 Å². The van der Waals surface area contributed by atoms with Crippen LogP contribution in [-0.2, 0) is 0 Å². The van der Waals surface area contributed by atoms with Gasteiger partial charge in [-0.25, -0.2) is 0 Å². The predicted octanol–water partition coefficient (Wildman–Crippen LogP) is 3.56. The molecular formula is C17H30N2. The van der Waals surface area contributed by atoms with Crippen molar-refractivity contribution in [1.82, 2.24) is 10.2 Å². The summed E-state index contributed by atoms with van der Waals surface area (Å²) < 4.78 is 0. The fourth-order valence-electron chi connectivity index (χ4n) is 3.13. The lowest BCUT2D eigenvalue weighted by atomic mass is 9.80. The van der Waals surface area contributed by atoms with Crippen molar-refractivity contribution >= 4 is 0 Å². The molecule has 0 aliphatic heterocycles. The monoisotopic (exact) mass is 262 g/mol. The standard InChI is InChI=1S/C17H30N2/c1-14(2)12-19(6)13-17(3,4)16(18-5)15-10-8-7-9-11-15/h7-11,14,16,18H,12-13H2,1-6H3. The van der Waals surface area contributed by atoms with E-state index in [2.05, 4.69) is 82.3 Å². The number of nitrogens with one attached hydrogen (secondary N) is 1. The summed E-state index contributed by atoms with van der Waals surface area (Å²) in [6.45, 7) is 11.5. The van der Waals surface area contributed by atoms with Crippen molar-refractivity contribution in [1.29, 1.82) is 0 Å². The lowest BCUT2D eigenvalue weighted by Crippen LogP contribution is -2.41. The van der Waals surface area contributed by atoms with Gasteiger partial charge >= 0.3 is 0 Å². The first kappa shape index (κ1) is 16.2. The van der Waals surface area contributed by atoms with Gasteiger partial charge in [0.05, 0.1) is 0 Å². The molecule has 0 amide bonds. The van der Waals surface area contributed by atoms with E-state index in [1.165, 1.54) is 5.56 Å². The summed E-state index contributed by atoms with van der Waals surface area (Å²) in [5.41, 5.74) is 1.56. The van der Waals surface area contributed by atoms with Crippen LogP contribution in [0.5, 0.6) is 0 Å². The van der Waals surface area contributed by atoms with Crippen LogP contribution < -0.4 is 5.32 Å². The van der Waals surface area contributed by atoms with Crippen LogP contribution in [-0.4, -0.2) is 32.1 Å². The molecule has 0 aliphatic carbocycles. The fraction of sp³-hybridized carbons (Fsp3) is 0.647. The summed E-state index contributed by atoms with van der Waals surface area (Å²) in [7, 11) is 4.28. The first-order valence-corrected chi connectivity index (χ1v) is 7.27. The summed E-state index contributed by atoms with van der Waals surface area (Å²) >= 11 is 0. The number of hydrogen-bond acceptors (Lipinski definition) is 2. The fourth-order valence-corrected chi connectivity index (χ4v) is 3.13. The van der Waals surface area contributed by atoms with E-state index < -0.39 is 0 Å². The lowest BCUT2D eigenvalue weighted by Gasteiger charge is -2.38. The normalized spacial score (nSPS) is 14.1. The van der Waals surface area contributed by atoms with Crippen LogP contribution >= 0.6 is 0 Å². The molecule has 0 aromatic heterocycles. The third-order valence-corrected chi connectivity index (χ3v) is 3.56. The molecule has 0 saturated carbocycles. The average Bonchev–Trinajstić information content (AvgIpc) is 2.28. The second-order valence-corrected chi connectivity index (χ2v) is 6.71. The zero-order chi connectivity index (χ0) is 14.5. The van der Waals surface area contributed by atoms with E-state index in [4.69, 9.17) is 0 Å². The van der Waals surface area contributed by atoms with Gasteiger partial charge in [0.25, 0.3) is 0 Å². The minimum atomic E-state index is 0.194. The Morgan fingerprint density at radius 3 is 2.21 bits per heavy atom. The van der Waals surface area contributed by atoms with Gasteiger partial charge in [-0.3, -0.25) is 0 Å². The average molecular weight is 262 g/mol. The van der Waals surface area contributed by atoms with Crippen molar-refractivity contribution in [2.45, 2.75) is 33.7 Å². The Balaban J connectivity index is 2.78. The number of nitrogens with zero attached hydrogens (tertiary/aromatic N) is 1. The van der Waals surface area contributed by atoms with Gasteiger partial charge in [-0.15, -0.1) is 0 Å². The summed E-state index contributed by atoms with van der Waals surface area (Å²) in [6, 6.07) is 11.1. The Bertz CT molecular complexity index is 357.